The van der Waals surface area contributed by atoms with E-state index < -0.39 is 31.2 Å². The third kappa shape index (κ3) is 4.96. The van der Waals surface area contributed by atoms with E-state index in [4.69, 9.17) is 17.3 Å². The number of carboxylic acids is 1. The number of nitrogens with zero attached hydrogens (tertiary/aromatic N) is 1. The lowest BCUT2D eigenvalue weighted by atomic mass is 10.2. The molecular weight excluding hydrogens is 367 g/mol. The van der Waals surface area contributed by atoms with E-state index in [1.165, 1.54) is 30.3 Å². The maximum atomic E-state index is 12.1. The molecule has 1 aromatic carbocycles. The van der Waals surface area contributed by atoms with Crippen LogP contribution in [0.4, 0.5) is 13.2 Å². The number of alkyl halides is 3. The quantitative estimate of drug-likeness (QED) is 0.629. The van der Waals surface area contributed by atoms with Gasteiger partial charge in [0, 0.05) is 0 Å². The minimum Gasteiger partial charge on any atom is -0.484 e. The molecule has 1 amide bonds. The average molecular weight is 377 g/mol. The topological polar surface area (TPSA) is 66.8 Å². The first-order valence-electron chi connectivity index (χ1n) is 6.42. The van der Waals surface area contributed by atoms with E-state index in [0.717, 1.165) is 16.7 Å². The van der Waals surface area contributed by atoms with Gasteiger partial charge in [-0.2, -0.15) is 13.2 Å². The van der Waals surface area contributed by atoms with Crippen molar-refractivity contribution in [2.45, 2.75) is 6.18 Å². The van der Waals surface area contributed by atoms with Gasteiger partial charge in [-0.15, -0.1) is 0 Å². The van der Waals surface area contributed by atoms with Crippen LogP contribution in [0.3, 0.4) is 0 Å². The Kier molecular flexibility index (Phi) is 5.50. The molecule has 1 fully saturated rings. The number of hydrogen-bond acceptors (Lipinski definition) is 5. The fourth-order valence-corrected chi connectivity index (χ4v) is 3.00. The number of halogens is 3. The Hall–Kier alpha value is -2.07. The standard InChI is InChI=1S/C14H10F3NO4S2/c15-14(16,17)7-22-9-3-1-8(2-4-9)5-10-12(21)18(6-11(19)20)13(23)24-10/h1-5H,6-7H2,(H,19,20)/b10-5+. The Morgan fingerprint density at radius 1 is 1.33 bits per heavy atom. The second-order valence-electron chi connectivity index (χ2n) is 4.63. The summed E-state index contributed by atoms with van der Waals surface area (Å²) in [6.07, 6.45) is -2.94. The molecule has 10 heteroatoms. The van der Waals surface area contributed by atoms with Crippen molar-refractivity contribution in [2.24, 2.45) is 0 Å². The summed E-state index contributed by atoms with van der Waals surface area (Å²) in [4.78, 5) is 24.0. The number of thiocarbonyl (C=S) groups is 1. The van der Waals surface area contributed by atoms with E-state index in [0.29, 0.717) is 5.56 Å². The predicted molar refractivity (Wildman–Crippen MR) is 85.5 cm³/mol. The summed E-state index contributed by atoms with van der Waals surface area (Å²) in [6, 6.07) is 5.65. The van der Waals surface area contributed by atoms with Crippen molar-refractivity contribution in [3.8, 4) is 5.75 Å². The molecule has 0 saturated carbocycles. The molecule has 0 bridgehead atoms. The van der Waals surface area contributed by atoms with E-state index in [9.17, 15) is 22.8 Å². The highest BCUT2D eigenvalue weighted by atomic mass is 32.2. The second kappa shape index (κ2) is 7.22. The molecule has 24 heavy (non-hydrogen) atoms. The zero-order valence-electron chi connectivity index (χ0n) is 11.9. The van der Waals surface area contributed by atoms with E-state index in [1.54, 1.807) is 0 Å². The molecule has 1 aliphatic rings. The van der Waals surface area contributed by atoms with Crippen molar-refractivity contribution in [2.75, 3.05) is 13.2 Å². The molecule has 128 valence electrons. The zero-order chi connectivity index (χ0) is 17.9. The number of aliphatic carboxylic acids is 1. The Morgan fingerprint density at radius 3 is 2.50 bits per heavy atom. The van der Waals surface area contributed by atoms with E-state index in [1.807, 2.05) is 0 Å². The summed E-state index contributed by atoms with van der Waals surface area (Å²) in [5, 5.41) is 8.75. The van der Waals surface area contributed by atoms with E-state index in [-0.39, 0.29) is 15.0 Å². The normalized spacial score (nSPS) is 16.8. The summed E-state index contributed by atoms with van der Waals surface area (Å²) < 4.78 is 40.9. The summed E-state index contributed by atoms with van der Waals surface area (Å²) >= 11 is 5.92. The van der Waals surface area contributed by atoms with Crippen molar-refractivity contribution in [1.29, 1.82) is 0 Å². The summed E-state index contributed by atoms with van der Waals surface area (Å²) in [6.45, 7) is -1.91. The maximum absolute atomic E-state index is 12.1. The number of hydrogen-bond donors (Lipinski definition) is 1. The number of thioether (sulfide) groups is 1. The van der Waals surface area contributed by atoms with Crippen LogP contribution in [0.25, 0.3) is 6.08 Å². The minimum absolute atomic E-state index is 0.0444. The predicted octanol–water partition coefficient (Wildman–Crippen LogP) is 2.91. The number of carbonyl (C=O) groups excluding carboxylic acids is 1. The van der Waals surface area contributed by atoms with Gasteiger partial charge in [-0.05, 0) is 23.8 Å². The van der Waals surface area contributed by atoms with Crippen LogP contribution in [-0.2, 0) is 9.59 Å². The molecule has 1 aliphatic heterocycles. The smallest absolute Gasteiger partial charge is 0.422 e. The molecule has 1 N–H and O–H groups in total. The lowest BCUT2D eigenvalue weighted by Gasteiger charge is -2.10. The molecular formula is C14H10F3NO4S2. The highest BCUT2D eigenvalue weighted by molar-refractivity contribution is 8.26. The van der Waals surface area contributed by atoms with Crippen LogP contribution in [0.5, 0.6) is 5.75 Å². The van der Waals surface area contributed by atoms with Gasteiger partial charge in [0.2, 0.25) is 0 Å². The SMILES string of the molecule is O=C(O)CN1C(=O)/C(=C\c2ccc(OCC(F)(F)F)cc2)SC1=S. The fraction of sp³-hybridized carbons (Fsp3) is 0.214. The van der Waals surface area contributed by atoms with Crippen LogP contribution in [0.1, 0.15) is 5.56 Å². The molecule has 5 nitrogen and oxygen atoms in total. The first-order valence-corrected chi connectivity index (χ1v) is 7.65. The number of carboxylic acid groups (broad SMARTS) is 1. The van der Waals surface area contributed by atoms with Gasteiger partial charge in [-0.1, -0.05) is 36.1 Å². The Morgan fingerprint density at radius 2 is 1.96 bits per heavy atom. The Balaban J connectivity index is 2.07. The summed E-state index contributed by atoms with van der Waals surface area (Å²) in [5.41, 5.74) is 0.546. The van der Waals surface area contributed by atoms with Crippen LogP contribution in [0.2, 0.25) is 0 Å². The number of amides is 1. The third-order valence-electron chi connectivity index (χ3n) is 2.75. The van der Waals surface area contributed by atoms with Gasteiger partial charge in [0.15, 0.2) is 6.61 Å². The molecule has 0 radical (unpaired) electrons. The van der Waals surface area contributed by atoms with Crippen LogP contribution in [0.15, 0.2) is 29.2 Å². The summed E-state index contributed by atoms with van der Waals surface area (Å²) in [5.74, 6) is -1.66. The molecule has 0 spiro atoms. The van der Waals surface area contributed by atoms with Crippen LogP contribution in [0, 0.1) is 0 Å². The van der Waals surface area contributed by atoms with Gasteiger partial charge in [0.1, 0.15) is 16.6 Å². The van der Waals surface area contributed by atoms with Crippen molar-refractivity contribution < 1.29 is 32.6 Å². The number of ether oxygens (including phenoxy) is 1. The first kappa shape index (κ1) is 18.3. The highest BCUT2D eigenvalue weighted by Gasteiger charge is 2.33. The van der Waals surface area contributed by atoms with Gasteiger partial charge in [-0.3, -0.25) is 14.5 Å². The summed E-state index contributed by atoms with van der Waals surface area (Å²) in [7, 11) is 0. The maximum Gasteiger partial charge on any atom is 0.422 e. The largest absolute Gasteiger partial charge is 0.484 e. The van der Waals surface area contributed by atoms with Crippen molar-refractivity contribution in [1.82, 2.24) is 4.90 Å². The monoisotopic (exact) mass is 377 g/mol. The average Bonchev–Trinajstić information content (AvgIpc) is 2.73. The Bertz CT molecular complexity index is 701. The molecule has 0 atom stereocenters. The lowest BCUT2D eigenvalue weighted by molar-refractivity contribution is -0.153. The molecule has 1 heterocycles. The zero-order valence-corrected chi connectivity index (χ0v) is 13.5. The molecule has 0 aliphatic carbocycles. The van der Waals surface area contributed by atoms with Crippen LogP contribution < -0.4 is 4.74 Å². The molecule has 1 saturated heterocycles. The highest BCUT2D eigenvalue weighted by Crippen LogP contribution is 2.32. The van der Waals surface area contributed by atoms with Gasteiger partial charge >= 0.3 is 12.1 Å². The van der Waals surface area contributed by atoms with Gasteiger partial charge in [0.05, 0.1) is 4.91 Å². The van der Waals surface area contributed by atoms with Crippen molar-refractivity contribution >= 4 is 46.3 Å². The molecule has 0 unspecified atom stereocenters. The third-order valence-corrected chi connectivity index (χ3v) is 4.13. The second-order valence-corrected chi connectivity index (χ2v) is 6.31. The van der Waals surface area contributed by atoms with Crippen LogP contribution >= 0.6 is 24.0 Å². The minimum atomic E-state index is -4.42. The van der Waals surface area contributed by atoms with Crippen molar-refractivity contribution in [3.05, 3.63) is 34.7 Å². The number of rotatable bonds is 5. The van der Waals surface area contributed by atoms with E-state index in [2.05, 4.69) is 4.74 Å². The number of benzene rings is 1. The van der Waals surface area contributed by atoms with Crippen molar-refractivity contribution in [3.63, 3.8) is 0 Å². The lowest BCUT2D eigenvalue weighted by Crippen LogP contribution is -2.33. The molecule has 0 aromatic heterocycles. The van der Waals surface area contributed by atoms with Gasteiger partial charge < -0.3 is 9.84 Å². The molecule has 2 rings (SSSR count). The van der Waals surface area contributed by atoms with Gasteiger partial charge in [0.25, 0.3) is 5.91 Å². The van der Waals surface area contributed by atoms with Crippen LogP contribution in [-0.4, -0.2) is 45.5 Å². The first-order chi connectivity index (χ1) is 11.2. The fourth-order valence-electron chi connectivity index (χ4n) is 1.75. The Labute approximate surface area is 144 Å². The van der Waals surface area contributed by atoms with Gasteiger partial charge in [-0.25, -0.2) is 0 Å². The molecule has 1 aromatic rings. The number of carbonyl (C=O) groups is 2. The van der Waals surface area contributed by atoms with E-state index >= 15 is 0 Å².